The average Bonchev–Trinajstić information content (AvgIpc) is 3.24. The van der Waals surface area contributed by atoms with Crippen molar-refractivity contribution in [1.82, 2.24) is 19.5 Å². The molecule has 122 valence electrons. The summed E-state index contributed by atoms with van der Waals surface area (Å²) < 4.78 is 2.18. The topological polar surface area (TPSA) is 72.7 Å². The second-order valence-corrected chi connectivity index (χ2v) is 6.26. The van der Waals surface area contributed by atoms with E-state index in [0.717, 1.165) is 16.9 Å². The molecule has 1 N–H and O–H groups in total. The van der Waals surface area contributed by atoms with Crippen molar-refractivity contribution in [2.24, 2.45) is 7.05 Å². The Hall–Kier alpha value is -2.76. The van der Waals surface area contributed by atoms with Gasteiger partial charge >= 0.3 is 0 Å². The summed E-state index contributed by atoms with van der Waals surface area (Å²) in [6.45, 7) is 0. The number of carbonyl (C=O) groups is 1. The summed E-state index contributed by atoms with van der Waals surface area (Å²) in [6.07, 6.45) is 9.50. The van der Waals surface area contributed by atoms with Gasteiger partial charge in [0.05, 0.1) is 17.2 Å². The Labute approximate surface area is 140 Å². The molecule has 0 unspecified atom stereocenters. The second-order valence-electron chi connectivity index (χ2n) is 6.26. The van der Waals surface area contributed by atoms with Crippen LogP contribution in [0.3, 0.4) is 0 Å². The number of hydrogen-bond donors (Lipinski definition) is 1. The lowest BCUT2D eigenvalue weighted by Crippen LogP contribution is -2.13. The van der Waals surface area contributed by atoms with Crippen molar-refractivity contribution in [3.8, 4) is 0 Å². The molecule has 24 heavy (non-hydrogen) atoms. The quantitative estimate of drug-likeness (QED) is 0.803. The lowest BCUT2D eigenvalue weighted by atomic mass is 10.1. The van der Waals surface area contributed by atoms with E-state index in [1.165, 1.54) is 38.1 Å². The largest absolute Gasteiger partial charge is 0.331 e. The van der Waals surface area contributed by atoms with Crippen LogP contribution < -0.4 is 5.32 Å². The first-order chi connectivity index (χ1) is 11.7. The first-order valence-corrected chi connectivity index (χ1v) is 8.26. The van der Waals surface area contributed by atoms with Gasteiger partial charge in [-0.3, -0.25) is 9.78 Å². The highest BCUT2D eigenvalue weighted by molar-refractivity contribution is 6.03. The highest BCUT2D eigenvalue weighted by atomic mass is 16.1. The number of aromatic nitrogens is 4. The molecule has 1 aromatic carbocycles. The molecule has 6 nitrogen and oxygen atoms in total. The SMILES string of the molecule is Cn1c(C2CCCC2)nc2cc(NC(=O)c3cnccn3)ccc21. The van der Waals surface area contributed by atoms with Crippen LogP contribution in [0.15, 0.2) is 36.8 Å². The molecule has 2 aromatic heterocycles. The molecule has 1 aliphatic rings. The first kappa shape index (κ1) is 14.8. The van der Waals surface area contributed by atoms with Gasteiger partial charge < -0.3 is 9.88 Å². The van der Waals surface area contributed by atoms with Crippen molar-refractivity contribution in [3.63, 3.8) is 0 Å². The first-order valence-electron chi connectivity index (χ1n) is 8.26. The number of nitrogens with one attached hydrogen (secondary N) is 1. The van der Waals surface area contributed by atoms with E-state index in [1.807, 2.05) is 18.2 Å². The molecule has 3 aromatic rings. The van der Waals surface area contributed by atoms with Gasteiger partial charge in [-0.05, 0) is 31.0 Å². The molecule has 1 amide bonds. The smallest absolute Gasteiger partial charge is 0.275 e. The number of nitrogens with zero attached hydrogens (tertiary/aromatic N) is 4. The lowest BCUT2D eigenvalue weighted by molar-refractivity contribution is 0.102. The van der Waals surface area contributed by atoms with Gasteiger partial charge in [-0.15, -0.1) is 0 Å². The Morgan fingerprint density at radius 3 is 2.83 bits per heavy atom. The van der Waals surface area contributed by atoms with Gasteiger partial charge in [0.2, 0.25) is 0 Å². The van der Waals surface area contributed by atoms with Crippen LogP contribution in [0.1, 0.15) is 47.9 Å². The van der Waals surface area contributed by atoms with Gasteiger partial charge in [-0.2, -0.15) is 0 Å². The van der Waals surface area contributed by atoms with E-state index in [2.05, 4.69) is 26.9 Å². The van der Waals surface area contributed by atoms with E-state index < -0.39 is 0 Å². The predicted octanol–water partition coefficient (Wildman–Crippen LogP) is 3.27. The number of aryl methyl sites for hydroxylation is 1. The van der Waals surface area contributed by atoms with E-state index in [0.29, 0.717) is 17.3 Å². The van der Waals surface area contributed by atoms with Crippen molar-refractivity contribution >= 4 is 22.6 Å². The van der Waals surface area contributed by atoms with Crippen LogP contribution in [0.5, 0.6) is 0 Å². The number of carbonyl (C=O) groups excluding carboxylic acids is 1. The molecule has 0 bridgehead atoms. The Bertz CT molecular complexity index is 881. The van der Waals surface area contributed by atoms with Crippen LogP contribution in [0.4, 0.5) is 5.69 Å². The Morgan fingerprint density at radius 2 is 2.08 bits per heavy atom. The zero-order chi connectivity index (χ0) is 16.5. The second kappa shape index (κ2) is 6.03. The minimum absolute atomic E-state index is 0.269. The van der Waals surface area contributed by atoms with E-state index in [1.54, 1.807) is 6.20 Å². The molecule has 0 spiro atoms. The minimum atomic E-state index is -0.269. The summed E-state index contributed by atoms with van der Waals surface area (Å²) in [4.78, 5) is 24.9. The normalized spacial score (nSPS) is 15.0. The number of anilines is 1. The van der Waals surface area contributed by atoms with Crippen molar-refractivity contribution in [2.75, 3.05) is 5.32 Å². The number of imidazole rings is 1. The summed E-state index contributed by atoms with van der Waals surface area (Å²) >= 11 is 0. The molecule has 1 aliphatic carbocycles. The summed E-state index contributed by atoms with van der Waals surface area (Å²) in [7, 11) is 2.07. The van der Waals surface area contributed by atoms with E-state index >= 15 is 0 Å². The third-order valence-electron chi connectivity index (χ3n) is 4.69. The number of benzene rings is 1. The zero-order valence-corrected chi connectivity index (χ0v) is 13.6. The molecule has 2 heterocycles. The zero-order valence-electron chi connectivity index (χ0n) is 13.6. The minimum Gasteiger partial charge on any atom is -0.331 e. The summed E-state index contributed by atoms with van der Waals surface area (Å²) in [6, 6.07) is 5.83. The van der Waals surface area contributed by atoms with Gasteiger partial charge in [0.1, 0.15) is 11.5 Å². The monoisotopic (exact) mass is 321 g/mol. The van der Waals surface area contributed by atoms with Gasteiger partial charge in [0.15, 0.2) is 0 Å². The summed E-state index contributed by atoms with van der Waals surface area (Å²) in [5.41, 5.74) is 3.02. The molecule has 6 heteroatoms. The fourth-order valence-corrected chi connectivity index (χ4v) is 3.46. The van der Waals surface area contributed by atoms with Crippen LogP contribution >= 0.6 is 0 Å². The van der Waals surface area contributed by atoms with Crippen LogP contribution in [-0.2, 0) is 7.05 Å². The third kappa shape index (κ3) is 2.64. The highest BCUT2D eigenvalue weighted by Crippen LogP contribution is 2.35. The fourth-order valence-electron chi connectivity index (χ4n) is 3.46. The lowest BCUT2D eigenvalue weighted by Gasteiger charge is -2.08. The molecule has 1 fully saturated rings. The number of fused-ring (bicyclic) bond motifs is 1. The molecular weight excluding hydrogens is 302 g/mol. The predicted molar refractivity (Wildman–Crippen MR) is 91.9 cm³/mol. The number of hydrogen-bond acceptors (Lipinski definition) is 4. The molecule has 4 rings (SSSR count). The summed E-state index contributed by atoms with van der Waals surface area (Å²) in [5, 5.41) is 2.86. The Kier molecular flexibility index (Phi) is 3.72. The van der Waals surface area contributed by atoms with Gasteiger partial charge in [0, 0.05) is 31.0 Å². The fraction of sp³-hybridized carbons (Fsp3) is 0.333. The van der Waals surface area contributed by atoms with E-state index in [9.17, 15) is 4.79 Å². The maximum Gasteiger partial charge on any atom is 0.275 e. The molecule has 0 atom stereocenters. The molecule has 0 saturated heterocycles. The van der Waals surface area contributed by atoms with Gasteiger partial charge in [0.25, 0.3) is 5.91 Å². The molecular formula is C18H19N5O. The standard InChI is InChI=1S/C18H19N5O/c1-23-16-7-6-13(21-18(24)15-11-19-8-9-20-15)10-14(16)22-17(23)12-4-2-3-5-12/h6-12H,2-5H2,1H3,(H,21,24). The molecule has 1 saturated carbocycles. The highest BCUT2D eigenvalue weighted by Gasteiger charge is 2.22. The third-order valence-corrected chi connectivity index (χ3v) is 4.69. The van der Waals surface area contributed by atoms with Crippen LogP contribution in [-0.4, -0.2) is 25.4 Å². The van der Waals surface area contributed by atoms with Crippen molar-refractivity contribution in [2.45, 2.75) is 31.6 Å². The van der Waals surface area contributed by atoms with Gasteiger partial charge in [-0.25, -0.2) is 9.97 Å². The Morgan fingerprint density at radius 1 is 1.25 bits per heavy atom. The van der Waals surface area contributed by atoms with Crippen LogP contribution in [0, 0.1) is 0 Å². The van der Waals surface area contributed by atoms with Crippen LogP contribution in [0.2, 0.25) is 0 Å². The van der Waals surface area contributed by atoms with Gasteiger partial charge in [-0.1, -0.05) is 12.8 Å². The summed E-state index contributed by atoms with van der Waals surface area (Å²) in [5.74, 6) is 1.44. The number of rotatable bonds is 3. The average molecular weight is 321 g/mol. The van der Waals surface area contributed by atoms with Crippen LogP contribution in [0.25, 0.3) is 11.0 Å². The number of amides is 1. The van der Waals surface area contributed by atoms with E-state index in [4.69, 9.17) is 4.98 Å². The Balaban J connectivity index is 1.62. The van der Waals surface area contributed by atoms with Crippen molar-refractivity contribution < 1.29 is 4.79 Å². The van der Waals surface area contributed by atoms with Crippen molar-refractivity contribution in [3.05, 3.63) is 48.3 Å². The molecule has 0 aliphatic heterocycles. The maximum atomic E-state index is 12.2. The maximum absolute atomic E-state index is 12.2. The van der Waals surface area contributed by atoms with E-state index in [-0.39, 0.29) is 5.91 Å². The van der Waals surface area contributed by atoms with Crippen molar-refractivity contribution in [1.29, 1.82) is 0 Å². The molecule has 0 radical (unpaired) electrons.